The van der Waals surface area contributed by atoms with E-state index >= 15 is 0 Å². The molecule has 0 radical (unpaired) electrons. The summed E-state index contributed by atoms with van der Waals surface area (Å²) in [6.45, 7) is 4.11. The van der Waals surface area contributed by atoms with E-state index in [2.05, 4.69) is 6.92 Å². The molecule has 1 saturated carbocycles. The third-order valence-corrected chi connectivity index (χ3v) is 4.81. The van der Waals surface area contributed by atoms with Crippen LogP contribution >= 0.6 is 0 Å². The Labute approximate surface area is 115 Å². The second kappa shape index (κ2) is 6.04. The van der Waals surface area contributed by atoms with Crippen LogP contribution in [0.3, 0.4) is 0 Å². The van der Waals surface area contributed by atoms with Gasteiger partial charge in [-0.1, -0.05) is 44.4 Å². The highest BCUT2D eigenvalue weighted by molar-refractivity contribution is 5.19. The normalized spacial score (nSPS) is 26.9. The van der Waals surface area contributed by atoms with Gasteiger partial charge in [-0.25, -0.2) is 4.39 Å². The van der Waals surface area contributed by atoms with Crippen LogP contribution in [0.5, 0.6) is 0 Å². The number of hydrogen-bond acceptors (Lipinski definition) is 1. The molecule has 1 aliphatic carbocycles. The smallest absolute Gasteiger partial charge is 0.126 e. The van der Waals surface area contributed by atoms with E-state index in [0.717, 1.165) is 18.8 Å². The zero-order valence-corrected chi connectivity index (χ0v) is 12.0. The fourth-order valence-electron chi connectivity index (χ4n) is 3.36. The van der Waals surface area contributed by atoms with E-state index < -0.39 is 5.60 Å². The average Bonchev–Trinajstić information content (AvgIpc) is 2.41. The molecule has 0 bridgehead atoms. The summed E-state index contributed by atoms with van der Waals surface area (Å²) < 4.78 is 13.7. The van der Waals surface area contributed by atoms with Crippen molar-refractivity contribution in [3.8, 4) is 0 Å². The molecule has 1 aromatic rings. The number of benzene rings is 1. The fraction of sp³-hybridized carbons (Fsp3) is 0.647. The molecule has 1 unspecified atom stereocenters. The van der Waals surface area contributed by atoms with Crippen LogP contribution < -0.4 is 0 Å². The van der Waals surface area contributed by atoms with E-state index in [9.17, 15) is 9.50 Å². The number of halogens is 1. The van der Waals surface area contributed by atoms with Crippen LogP contribution in [0.15, 0.2) is 24.3 Å². The summed E-state index contributed by atoms with van der Waals surface area (Å²) in [6, 6.07) is 6.78. The van der Waals surface area contributed by atoms with Crippen LogP contribution in [0.2, 0.25) is 0 Å². The van der Waals surface area contributed by atoms with Gasteiger partial charge in [0.2, 0.25) is 0 Å². The van der Waals surface area contributed by atoms with Gasteiger partial charge >= 0.3 is 0 Å². The van der Waals surface area contributed by atoms with E-state index in [1.54, 1.807) is 12.1 Å². The maximum atomic E-state index is 13.7. The molecular formula is C17H25FO. The first kappa shape index (κ1) is 14.5. The van der Waals surface area contributed by atoms with Crippen LogP contribution in [0, 0.1) is 17.7 Å². The van der Waals surface area contributed by atoms with Gasteiger partial charge in [0.25, 0.3) is 0 Å². The highest BCUT2D eigenvalue weighted by atomic mass is 19.1. The Kier molecular flexibility index (Phi) is 4.62. The standard InChI is InChI=1S/C17H25FO/c1-3-13-8-10-15(11-9-13)17(2,19)12-14-6-4-5-7-16(14)18/h4-7,13,15,19H,3,8-12H2,1-2H3. The molecular weight excluding hydrogens is 239 g/mol. The first-order chi connectivity index (χ1) is 9.03. The van der Waals surface area contributed by atoms with Crippen LogP contribution in [-0.4, -0.2) is 10.7 Å². The van der Waals surface area contributed by atoms with Gasteiger partial charge in [-0.05, 0) is 43.2 Å². The molecule has 19 heavy (non-hydrogen) atoms. The zero-order chi connectivity index (χ0) is 13.9. The van der Waals surface area contributed by atoms with Crippen molar-refractivity contribution in [2.45, 2.75) is 58.0 Å². The van der Waals surface area contributed by atoms with Crippen molar-refractivity contribution >= 4 is 0 Å². The Bertz CT molecular complexity index is 405. The summed E-state index contributed by atoms with van der Waals surface area (Å²) in [6.07, 6.45) is 6.20. The lowest BCUT2D eigenvalue weighted by atomic mass is 9.71. The van der Waals surface area contributed by atoms with Crippen molar-refractivity contribution < 1.29 is 9.50 Å². The molecule has 0 aromatic heterocycles. The van der Waals surface area contributed by atoms with Crippen molar-refractivity contribution in [1.82, 2.24) is 0 Å². The average molecular weight is 264 g/mol. The summed E-state index contributed by atoms with van der Waals surface area (Å²) in [7, 11) is 0. The summed E-state index contributed by atoms with van der Waals surface area (Å²) in [5.41, 5.74) is -0.161. The van der Waals surface area contributed by atoms with Gasteiger partial charge in [0.05, 0.1) is 5.60 Å². The third-order valence-electron chi connectivity index (χ3n) is 4.81. The van der Waals surface area contributed by atoms with Gasteiger partial charge in [-0.15, -0.1) is 0 Å². The van der Waals surface area contributed by atoms with Gasteiger partial charge in [0.15, 0.2) is 0 Å². The van der Waals surface area contributed by atoms with Crippen LogP contribution in [-0.2, 0) is 6.42 Å². The molecule has 2 rings (SSSR count). The van der Waals surface area contributed by atoms with E-state index in [-0.39, 0.29) is 5.82 Å². The van der Waals surface area contributed by atoms with Crippen LogP contribution in [0.25, 0.3) is 0 Å². The first-order valence-corrected chi connectivity index (χ1v) is 7.48. The maximum absolute atomic E-state index is 13.7. The third kappa shape index (κ3) is 3.56. The topological polar surface area (TPSA) is 20.2 Å². The molecule has 1 aromatic carbocycles. The molecule has 0 spiro atoms. The number of hydrogen-bond donors (Lipinski definition) is 1. The first-order valence-electron chi connectivity index (χ1n) is 7.48. The predicted molar refractivity (Wildman–Crippen MR) is 76.5 cm³/mol. The molecule has 1 aliphatic rings. The van der Waals surface area contributed by atoms with Gasteiger partial charge in [-0.2, -0.15) is 0 Å². The lowest BCUT2D eigenvalue weighted by molar-refractivity contribution is -0.0226. The van der Waals surface area contributed by atoms with Gasteiger partial charge < -0.3 is 5.11 Å². The summed E-state index contributed by atoms with van der Waals surface area (Å²) in [5, 5.41) is 10.7. The zero-order valence-electron chi connectivity index (χ0n) is 12.0. The molecule has 1 nitrogen and oxygen atoms in total. The highest BCUT2D eigenvalue weighted by Crippen LogP contribution is 2.38. The lowest BCUT2D eigenvalue weighted by Crippen LogP contribution is -2.39. The van der Waals surface area contributed by atoms with Crippen molar-refractivity contribution in [1.29, 1.82) is 0 Å². The molecule has 0 heterocycles. The second-order valence-corrected chi connectivity index (χ2v) is 6.25. The quantitative estimate of drug-likeness (QED) is 0.858. The van der Waals surface area contributed by atoms with E-state index in [4.69, 9.17) is 0 Å². The summed E-state index contributed by atoms with van der Waals surface area (Å²) in [5.74, 6) is 0.917. The Balaban J connectivity index is 2.01. The van der Waals surface area contributed by atoms with Crippen molar-refractivity contribution in [2.24, 2.45) is 11.8 Å². The van der Waals surface area contributed by atoms with E-state index in [0.29, 0.717) is 17.9 Å². The SMILES string of the molecule is CCC1CCC(C(C)(O)Cc2ccccc2F)CC1. The Morgan fingerprint density at radius 2 is 1.84 bits per heavy atom. The summed E-state index contributed by atoms with van der Waals surface area (Å²) >= 11 is 0. The van der Waals surface area contributed by atoms with Gasteiger partial charge in [0.1, 0.15) is 5.82 Å². The number of aliphatic hydroxyl groups is 1. The largest absolute Gasteiger partial charge is 0.390 e. The highest BCUT2D eigenvalue weighted by Gasteiger charge is 2.35. The van der Waals surface area contributed by atoms with Crippen LogP contribution in [0.1, 0.15) is 51.5 Å². The molecule has 1 N–H and O–H groups in total. The van der Waals surface area contributed by atoms with Crippen molar-refractivity contribution in [3.63, 3.8) is 0 Å². The minimum Gasteiger partial charge on any atom is -0.390 e. The molecule has 0 aliphatic heterocycles. The minimum atomic E-state index is -0.791. The Morgan fingerprint density at radius 1 is 1.21 bits per heavy atom. The fourth-order valence-corrected chi connectivity index (χ4v) is 3.36. The van der Waals surface area contributed by atoms with E-state index in [1.165, 1.54) is 25.3 Å². The summed E-state index contributed by atoms with van der Waals surface area (Å²) in [4.78, 5) is 0. The van der Waals surface area contributed by atoms with E-state index in [1.807, 2.05) is 13.0 Å². The van der Waals surface area contributed by atoms with Gasteiger partial charge in [0, 0.05) is 6.42 Å². The molecule has 0 saturated heterocycles. The molecule has 0 amide bonds. The Morgan fingerprint density at radius 3 is 2.42 bits per heavy atom. The molecule has 1 fully saturated rings. The maximum Gasteiger partial charge on any atom is 0.126 e. The second-order valence-electron chi connectivity index (χ2n) is 6.25. The monoisotopic (exact) mass is 264 g/mol. The number of rotatable bonds is 4. The lowest BCUT2D eigenvalue weighted by Gasteiger charge is -2.38. The molecule has 2 heteroatoms. The molecule has 1 atom stereocenters. The predicted octanol–water partition coefficient (Wildman–Crippen LogP) is 4.34. The molecule has 106 valence electrons. The van der Waals surface area contributed by atoms with Gasteiger partial charge in [-0.3, -0.25) is 0 Å². The van der Waals surface area contributed by atoms with Crippen LogP contribution in [0.4, 0.5) is 4.39 Å². The van der Waals surface area contributed by atoms with Crippen molar-refractivity contribution in [2.75, 3.05) is 0 Å². The minimum absolute atomic E-state index is 0.204. The Hall–Kier alpha value is -0.890. The van der Waals surface area contributed by atoms with Crippen molar-refractivity contribution in [3.05, 3.63) is 35.6 Å².